The van der Waals surface area contributed by atoms with Crippen LogP contribution in [0.5, 0.6) is 0 Å². The van der Waals surface area contributed by atoms with Crippen molar-refractivity contribution in [1.82, 2.24) is 4.98 Å². The predicted molar refractivity (Wildman–Crippen MR) is 93.6 cm³/mol. The summed E-state index contributed by atoms with van der Waals surface area (Å²) in [6, 6.07) is 8.42. The molecule has 3 heteroatoms. The highest BCUT2D eigenvalue weighted by Gasteiger charge is 2.16. The second-order valence-corrected chi connectivity index (χ2v) is 6.68. The van der Waals surface area contributed by atoms with E-state index in [0.717, 1.165) is 9.22 Å². The molecule has 0 unspecified atom stereocenters. The Labute approximate surface area is 134 Å². The number of rotatable bonds is 1. The lowest BCUT2D eigenvalue weighted by Gasteiger charge is -2.17. The fourth-order valence-corrected chi connectivity index (χ4v) is 4.93. The standard InChI is InChI=1S/C15H13I2N/c16-14-11-8-4-5-9-12(11)18-15(17)13(14)10-6-2-1-3-7-10/h4-6,8-9H,1-3,7H2. The average Bonchev–Trinajstić information content (AvgIpc) is 2.40. The van der Waals surface area contributed by atoms with E-state index in [0.29, 0.717) is 0 Å². The van der Waals surface area contributed by atoms with Crippen LogP contribution in [0.1, 0.15) is 31.2 Å². The van der Waals surface area contributed by atoms with Gasteiger partial charge in [0, 0.05) is 14.5 Å². The van der Waals surface area contributed by atoms with Gasteiger partial charge in [0.1, 0.15) is 3.70 Å². The van der Waals surface area contributed by atoms with Gasteiger partial charge in [-0.2, -0.15) is 0 Å². The van der Waals surface area contributed by atoms with Gasteiger partial charge in [0.2, 0.25) is 0 Å². The molecule has 18 heavy (non-hydrogen) atoms. The number of fused-ring (bicyclic) bond motifs is 1. The normalized spacial score (nSPS) is 15.8. The zero-order chi connectivity index (χ0) is 12.5. The molecule has 1 aliphatic rings. The van der Waals surface area contributed by atoms with Crippen molar-refractivity contribution in [3.05, 3.63) is 43.2 Å². The van der Waals surface area contributed by atoms with Gasteiger partial charge in [-0.1, -0.05) is 24.3 Å². The lowest BCUT2D eigenvalue weighted by molar-refractivity contribution is 0.741. The molecule has 0 atom stereocenters. The number of benzene rings is 1. The smallest absolute Gasteiger partial charge is 0.110 e. The molecule has 1 aromatic heterocycles. The van der Waals surface area contributed by atoms with Gasteiger partial charge < -0.3 is 0 Å². The number of aromatic nitrogens is 1. The molecule has 92 valence electrons. The number of pyridine rings is 1. The minimum atomic E-state index is 1.10. The van der Waals surface area contributed by atoms with Crippen LogP contribution in [0.2, 0.25) is 0 Å². The number of hydrogen-bond acceptors (Lipinski definition) is 1. The molecule has 0 spiro atoms. The highest BCUT2D eigenvalue weighted by molar-refractivity contribution is 14.1. The van der Waals surface area contributed by atoms with Crippen molar-refractivity contribution in [2.75, 3.05) is 0 Å². The summed E-state index contributed by atoms with van der Waals surface area (Å²) in [6.45, 7) is 0. The van der Waals surface area contributed by atoms with Gasteiger partial charge in [0.05, 0.1) is 5.52 Å². The van der Waals surface area contributed by atoms with E-state index in [9.17, 15) is 0 Å². The maximum Gasteiger partial charge on any atom is 0.110 e. The van der Waals surface area contributed by atoms with Crippen molar-refractivity contribution in [2.45, 2.75) is 25.7 Å². The van der Waals surface area contributed by atoms with Crippen molar-refractivity contribution < 1.29 is 0 Å². The predicted octanol–water partition coefficient (Wildman–Crippen LogP) is 5.40. The van der Waals surface area contributed by atoms with Gasteiger partial charge >= 0.3 is 0 Å². The second kappa shape index (κ2) is 5.45. The molecule has 2 aromatic rings. The first-order valence-electron chi connectivity index (χ1n) is 6.20. The van der Waals surface area contributed by atoms with E-state index in [1.54, 1.807) is 0 Å². The Kier molecular flexibility index (Phi) is 3.89. The summed E-state index contributed by atoms with van der Waals surface area (Å²) < 4.78 is 2.50. The van der Waals surface area contributed by atoms with Gasteiger partial charge in [0.25, 0.3) is 0 Å². The molecule has 0 N–H and O–H groups in total. The van der Waals surface area contributed by atoms with Crippen molar-refractivity contribution in [3.63, 3.8) is 0 Å². The Morgan fingerprint density at radius 1 is 1.06 bits per heavy atom. The average molecular weight is 461 g/mol. The summed E-state index contributed by atoms with van der Waals surface area (Å²) in [5, 5.41) is 1.28. The molecular weight excluding hydrogens is 448 g/mol. The van der Waals surface area contributed by atoms with E-state index in [4.69, 9.17) is 4.98 Å². The molecule has 0 saturated heterocycles. The summed E-state index contributed by atoms with van der Waals surface area (Å²) in [6.07, 6.45) is 7.46. The first kappa shape index (κ1) is 12.8. The van der Waals surface area contributed by atoms with Crippen LogP contribution in [0.25, 0.3) is 16.5 Å². The van der Waals surface area contributed by atoms with Crippen molar-refractivity contribution in [1.29, 1.82) is 0 Å². The van der Waals surface area contributed by atoms with Crippen LogP contribution in [0.15, 0.2) is 30.3 Å². The molecule has 0 fully saturated rings. The highest BCUT2D eigenvalue weighted by atomic mass is 127. The van der Waals surface area contributed by atoms with Gasteiger partial charge in [0.15, 0.2) is 0 Å². The molecule has 3 rings (SSSR count). The van der Waals surface area contributed by atoms with Crippen molar-refractivity contribution in [3.8, 4) is 0 Å². The largest absolute Gasteiger partial charge is 0.241 e. The molecule has 0 amide bonds. The lowest BCUT2D eigenvalue weighted by Crippen LogP contribution is -2.00. The highest BCUT2D eigenvalue weighted by Crippen LogP contribution is 2.35. The van der Waals surface area contributed by atoms with Gasteiger partial charge in [-0.05, 0) is 82.5 Å². The SMILES string of the molecule is Ic1nc2ccccc2c(I)c1C1=CCCCC1. The van der Waals surface area contributed by atoms with Crippen LogP contribution in [0.3, 0.4) is 0 Å². The molecule has 1 aliphatic carbocycles. The Hall–Kier alpha value is -0.170. The first-order valence-corrected chi connectivity index (χ1v) is 8.36. The monoisotopic (exact) mass is 461 g/mol. The summed E-state index contributed by atoms with van der Waals surface area (Å²) >= 11 is 4.86. The maximum atomic E-state index is 4.75. The van der Waals surface area contributed by atoms with E-state index < -0.39 is 0 Å². The summed E-state index contributed by atoms with van der Waals surface area (Å²) in [5.74, 6) is 0. The van der Waals surface area contributed by atoms with Crippen LogP contribution < -0.4 is 0 Å². The van der Waals surface area contributed by atoms with E-state index in [2.05, 4.69) is 75.5 Å². The number of allylic oxidation sites excluding steroid dienone is 2. The molecule has 1 nitrogen and oxygen atoms in total. The number of para-hydroxylation sites is 1. The van der Waals surface area contributed by atoms with Crippen LogP contribution >= 0.6 is 45.2 Å². The van der Waals surface area contributed by atoms with Gasteiger partial charge in [-0.25, -0.2) is 4.98 Å². The van der Waals surface area contributed by atoms with Gasteiger partial charge in [-0.3, -0.25) is 0 Å². The van der Waals surface area contributed by atoms with Crippen LogP contribution in [-0.2, 0) is 0 Å². The number of halogens is 2. The summed E-state index contributed by atoms with van der Waals surface area (Å²) in [5.41, 5.74) is 3.97. The topological polar surface area (TPSA) is 12.9 Å². The molecule has 0 aliphatic heterocycles. The Morgan fingerprint density at radius 2 is 1.89 bits per heavy atom. The molecule has 1 heterocycles. The van der Waals surface area contributed by atoms with Crippen molar-refractivity contribution >= 4 is 61.7 Å². The zero-order valence-corrected chi connectivity index (χ0v) is 14.2. The first-order chi connectivity index (χ1) is 8.77. The minimum absolute atomic E-state index is 1.10. The van der Waals surface area contributed by atoms with Crippen LogP contribution in [-0.4, -0.2) is 4.98 Å². The van der Waals surface area contributed by atoms with Crippen LogP contribution in [0.4, 0.5) is 0 Å². The molecule has 0 bridgehead atoms. The zero-order valence-electron chi connectivity index (χ0n) is 9.92. The lowest BCUT2D eigenvalue weighted by atomic mass is 9.94. The number of hydrogen-bond donors (Lipinski definition) is 0. The van der Waals surface area contributed by atoms with E-state index in [-0.39, 0.29) is 0 Å². The third-order valence-electron chi connectivity index (χ3n) is 3.40. The van der Waals surface area contributed by atoms with E-state index in [1.807, 2.05) is 0 Å². The summed E-state index contributed by atoms with van der Waals surface area (Å²) in [7, 11) is 0. The minimum Gasteiger partial charge on any atom is -0.241 e. The Balaban J connectivity index is 2.25. The van der Waals surface area contributed by atoms with Crippen molar-refractivity contribution in [2.24, 2.45) is 0 Å². The molecule has 0 saturated carbocycles. The van der Waals surface area contributed by atoms with E-state index >= 15 is 0 Å². The maximum absolute atomic E-state index is 4.75. The second-order valence-electron chi connectivity index (χ2n) is 4.58. The molecule has 1 aromatic carbocycles. The fraction of sp³-hybridized carbons (Fsp3) is 0.267. The molecular formula is C15H13I2N. The van der Waals surface area contributed by atoms with Crippen LogP contribution in [0, 0.1) is 7.27 Å². The Bertz CT molecular complexity index is 632. The van der Waals surface area contributed by atoms with E-state index in [1.165, 1.54) is 45.8 Å². The Morgan fingerprint density at radius 3 is 2.67 bits per heavy atom. The molecule has 0 radical (unpaired) electrons. The fourth-order valence-electron chi connectivity index (χ4n) is 2.48. The quantitative estimate of drug-likeness (QED) is 0.410. The third kappa shape index (κ3) is 2.31. The third-order valence-corrected chi connectivity index (χ3v) is 5.30. The number of nitrogens with zero attached hydrogens (tertiary/aromatic N) is 1. The van der Waals surface area contributed by atoms with Gasteiger partial charge in [-0.15, -0.1) is 0 Å². The summed E-state index contributed by atoms with van der Waals surface area (Å²) in [4.78, 5) is 4.75.